The first kappa shape index (κ1) is 13.3. The van der Waals surface area contributed by atoms with E-state index in [4.69, 9.17) is 18.6 Å². The first-order valence-electron chi connectivity index (χ1n) is 5.32. The van der Waals surface area contributed by atoms with Crippen LogP contribution in [-0.4, -0.2) is 40.0 Å². The van der Waals surface area contributed by atoms with Crippen LogP contribution in [0, 0.1) is 12.3 Å². The fraction of sp³-hybridized carbons (Fsp3) is 0.636. The highest BCUT2D eigenvalue weighted by Crippen LogP contribution is 2.20. The van der Waals surface area contributed by atoms with Crippen molar-refractivity contribution in [3.8, 4) is 12.3 Å². The number of hydrogen-bond donors (Lipinski definition) is 1. The number of thioether (sulfide) groups is 1. The Kier molecular flexibility index (Phi) is 5.64. The normalized spacial score (nSPS) is 16.6. The lowest BCUT2D eigenvalue weighted by molar-refractivity contribution is -0.120. The zero-order valence-corrected chi connectivity index (χ0v) is 11.0. The Morgan fingerprint density at radius 2 is 2.25 bits per heavy atom. The van der Waals surface area contributed by atoms with Gasteiger partial charge in [-0.2, -0.15) is 0 Å². The number of carbonyl (C=O) groups excluding carboxylic acids is 1. The number of terminal acetylenes is 1. The van der Waals surface area contributed by atoms with Crippen LogP contribution in [0.25, 0.3) is 0 Å². The van der Waals surface area contributed by atoms with Gasteiger partial charge in [0.2, 0.25) is 5.91 Å². The minimum atomic E-state index is -0.179. The maximum absolute atomic E-state index is 11.5. The van der Waals surface area contributed by atoms with Gasteiger partial charge in [-0.05, 0) is 19.8 Å². The minimum Gasteiger partial charge on any atom is -0.358 e. The molecule has 0 aliphatic carbocycles. The standard InChI is InChI=1S/C11H16N2OS2/c1-3-6-12-10(14)9(2)16-11(15)13-7-4-5-8-13/h1,9H,4-8H2,2H3,(H,12,14). The molecule has 1 N–H and O–H groups in total. The molecule has 1 fully saturated rings. The summed E-state index contributed by atoms with van der Waals surface area (Å²) in [7, 11) is 0. The van der Waals surface area contributed by atoms with Gasteiger partial charge in [0.15, 0.2) is 0 Å². The molecule has 5 heteroatoms. The van der Waals surface area contributed by atoms with Gasteiger partial charge in [0.05, 0.1) is 11.8 Å². The molecule has 0 aromatic heterocycles. The summed E-state index contributed by atoms with van der Waals surface area (Å²) in [6.07, 6.45) is 7.46. The Morgan fingerprint density at radius 3 is 2.81 bits per heavy atom. The predicted octanol–water partition coefficient (Wildman–Crippen LogP) is 1.24. The lowest BCUT2D eigenvalue weighted by Gasteiger charge is -2.20. The molecule has 1 amide bonds. The average Bonchev–Trinajstić information content (AvgIpc) is 2.79. The van der Waals surface area contributed by atoms with Crippen LogP contribution in [0.1, 0.15) is 19.8 Å². The van der Waals surface area contributed by atoms with Gasteiger partial charge in [0.25, 0.3) is 0 Å². The van der Waals surface area contributed by atoms with E-state index >= 15 is 0 Å². The fourth-order valence-corrected chi connectivity index (χ4v) is 2.90. The first-order valence-corrected chi connectivity index (χ1v) is 6.60. The number of rotatable bonds is 3. The number of thiocarbonyl (C=S) groups is 1. The van der Waals surface area contributed by atoms with Crippen molar-refractivity contribution in [2.75, 3.05) is 19.6 Å². The molecule has 1 unspecified atom stereocenters. The zero-order valence-electron chi connectivity index (χ0n) is 9.36. The van der Waals surface area contributed by atoms with Gasteiger partial charge in [-0.3, -0.25) is 4.79 Å². The summed E-state index contributed by atoms with van der Waals surface area (Å²) in [5, 5.41) is 2.47. The molecule has 16 heavy (non-hydrogen) atoms. The summed E-state index contributed by atoms with van der Waals surface area (Å²) in [5.74, 6) is 2.33. The van der Waals surface area contributed by atoms with Crippen LogP contribution in [0.5, 0.6) is 0 Å². The van der Waals surface area contributed by atoms with Gasteiger partial charge in [-0.15, -0.1) is 6.42 Å². The summed E-state index contributed by atoms with van der Waals surface area (Å²) in [5.41, 5.74) is 0. The molecule has 1 atom stereocenters. The summed E-state index contributed by atoms with van der Waals surface area (Å²) in [4.78, 5) is 13.7. The predicted molar refractivity (Wildman–Crippen MR) is 72.3 cm³/mol. The van der Waals surface area contributed by atoms with E-state index in [1.165, 1.54) is 24.6 Å². The van der Waals surface area contributed by atoms with E-state index < -0.39 is 0 Å². The summed E-state index contributed by atoms with van der Waals surface area (Å²) < 4.78 is 0.820. The molecule has 1 aliphatic heterocycles. The number of carbonyl (C=O) groups is 1. The van der Waals surface area contributed by atoms with E-state index in [-0.39, 0.29) is 17.7 Å². The Labute approximate surface area is 106 Å². The third kappa shape index (κ3) is 4.03. The molecule has 0 saturated carbocycles. The van der Waals surface area contributed by atoms with Crippen molar-refractivity contribution >= 4 is 34.2 Å². The molecular formula is C11H16N2OS2. The van der Waals surface area contributed by atoms with Gasteiger partial charge in [0, 0.05) is 13.1 Å². The van der Waals surface area contributed by atoms with Crippen LogP contribution < -0.4 is 5.32 Å². The van der Waals surface area contributed by atoms with Crippen LogP contribution in [0.15, 0.2) is 0 Å². The summed E-state index contributed by atoms with van der Waals surface area (Å²) in [6, 6.07) is 0. The number of likely N-dealkylation sites (tertiary alicyclic amines) is 1. The van der Waals surface area contributed by atoms with Crippen molar-refractivity contribution in [3.63, 3.8) is 0 Å². The lowest BCUT2D eigenvalue weighted by atomic mass is 10.4. The fourth-order valence-electron chi connectivity index (χ4n) is 1.46. The Balaban J connectivity index is 2.32. The van der Waals surface area contributed by atoms with Crippen LogP contribution in [0.4, 0.5) is 0 Å². The molecule has 3 nitrogen and oxygen atoms in total. The van der Waals surface area contributed by atoms with Crippen molar-refractivity contribution in [2.45, 2.75) is 25.0 Å². The van der Waals surface area contributed by atoms with Gasteiger partial charge in [-0.25, -0.2) is 0 Å². The molecule has 0 spiro atoms. The molecule has 0 aromatic rings. The average molecular weight is 256 g/mol. The largest absolute Gasteiger partial charge is 0.358 e. The van der Waals surface area contributed by atoms with Gasteiger partial charge in [0.1, 0.15) is 4.32 Å². The topological polar surface area (TPSA) is 32.3 Å². The van der Waals surface area contributed by atoms with Crippen molar-refractivity contribution in [1.82, 2.24) is 10.2 Å². The molecule has 0 radical (unpaired) electrons. The van der Waals surface area contributed by atoms with Crippen molar-refractivity contribution < 1.29 is 4.79 Å². The highest BCUT2D eigenvalue weighted by Gasteiger charge is 2.20. The number of nitrogens with one attached hydrogen (secondary N) is 1. The first-order chi connectivity index (χ1) is 7.65. The van der Waals surface area contributed by atoms with Gasteiger partial charge < -0.3 is 10.2 Å². The zero-order chi connectivity index (χ0) is 12.0. The maximum Gasteiger partial charge on any atom is 0.234 e. The number of hydrogen-bond acceptors (Lipinski definition) is 3. The monoisotopic (exact) mass is 256 g/mol. The van der Waals surface area contributed by atoms with Crippen LogP contribution >= 0.6 is 24.0 Å². The summed E-state index contributed by atoms with van der Waals surface area (Å²) in [6.45, 7) is 4.16. The smallest absolute Gasteiger partial charge is 0.234 e. The third-order valence-corrected chi connectivity index (χ3v) is 3.95. The highest BCUT2D eigenvalue weighted by atomic mass is 32.2. The number of amides is 1. The van der Waals surface area contributed by atoms with Crippen molar-refractivity contribution in [2.24, 2.45) is 0 Å². The maximum atomic E-state index is 11.5. The molecule has 0 aromatic carbocycles. The highest BCUT2D eigenvalue weighted by molar-refractivity contribution is 8.23. The second-order valence-electron chi connectivity index (χ2n) is 3.64. The van der Waals surface area contributed by atoms with Crippen molar-refractivity contribution in [3.05, 3.63) is 0 Å². The van der Waals surface area contributed by atoms with Crippen LogP contribution in [-0.2, 0) is 4.79 Å². The molecular weight excluding hydrogens is 240 g/mol. The molecule has 1 saturated heterocycles. The Bertz CT molecular complexity index is 306. The lowest BCUT2D eigenvalue weighted by Crippen LogP contribution is -2.34. The second kappa shape index (κ2) is 6.77. The minimum absolute atomic E-state index is 0.0514. The summed E-state index contributed by atoms with van der Waals surface area (Å²) >= 11 is 6.72. The van der Waals surface area contributed by atoms with E-state index in [9.17, 15) is 4.79 Å². The Morgan fingerprint density at radius 1 is 1.62 bits per heavy atom. The van der Waals surface area contributed by atoms with Gasteiger partial charge >= 0.3 is 0 Å². The molecule has 1 aliphatic rings. The van der Waals surface area contributed by atoms with Crippen LogP contribution in [0.2, 0.25) is 0 Å². The van der Waals surface area contributed by atoms with E-state index in [0.29, 0.717) is 0 Å². The van der Waals surface area contributed by atoms with E-state index in [1.807, 2.05) is 6.92 Å². The van der Waals surface area contributed by atoms with Crippen molar-refractivity contribution in [1.29, 1.82) is 0 Å². The Hall–Kier alpha value is -0.730. The molecule has 1 heterocycles. The van der Waals surface area contributed by atoms with E-state index in [1.54, 1.807) is 0 Å². The number of nitrogens with zero attached hydrogens (tertiary/aromatic N) is 1. The van der Waals surface area contributed by atoms with E-state index in [0.717, 1.165) is 17.4 Å². The third-order valence-electron chi connectivity index (χ3n) is 2.38. The molecule has 1 rings (SSSR count). The molecule has 88 valence electrons. The SMILES string of the molecule is C#CCNC(=O)C(C)SC(=S)N1CCCC1. The second-order valence-corrected chi connectivity index (χ2v) is 5.62. The van der Waals surface area contributed by atoms with E-state index in [2.05, 4.69) is 16.1 Å². The van der Waals surface area contributed by atoms with Gasteiger partial charge in [-0.1, -0.05) is 29.9 Å². The van der Waals surface area contributed by atoms with Crippen LogP contribution in [0.3, 0.4) is 0 Å². The quantitative estimate of drug-likeness (QED) is 0.608. The molecule has 0 bridgehead atoms.